The zero-order valence-corrected chi connectivity index (χ0v) is 13.8. The first-order valence-electron chi connectivity index (χ1n) is 7.93. The SMILES string of the molecule is CN(CC(=O)Nc1ccccc1)C(=O)[C@@H]1CC(=O)N(c2cn[nH]c2)C1. The molecule has 0 saturated carbocycles. The number of benzene rings is 1. The van der Waals surface area contributed by atoms with Gasteiger partial charge in [0.1, 0.15) is 0 Å². The summed E-state index contributed by atoms with van der Waals surface area (Å²) < 4.78 is 0. The second-order valence-electron chi connectivity index (χ2n) is 5.97. The van der Waals surface area contributed by atoms with Crippen molar-refractivity contribution in [3.05, 3.63) is 42.7 Å². The Morgan fingerprint density at radius 3 is 2.80 bits per heavy atom. The van der Waals surface area contributed by atoms with Gasteiger partial charge in [0.15, 0.2) is 0 Å². The number of nitrogens with zero attached hydrogens (tertiary/aromatic N) is 3. The molecule has 2 N–H and O–H groups in total. The van der Waals surface area contributed by atoms with Crippen LogP contribution in [0.3, 0.4) is 0 Å². The number of H-pyrrole nitrogens is 1. The van der Waals surface area contributed by atoms with E-state index in [-0.39, 0.29) is 30.7 Å². The second-order valence-corrected chi connectivity index (χ2v) is 5.97. The summed E-state index contributed by atoms with van der Waals surface area (Å²) in [4.78, 5) is 39.6. The van der Waals surface area contributed by atoms with Crippen molar-refractivity contribution in [1.29, 1.82) is 0 Å². The Balaban J connectivity index is 1.56. The molecule has 3 rings (SSSR count). The predicted octanol–water partition coefficient (Wildman–Crippen LogP) is 0.860. The lowest BCUT2D eigenvalue weighted by molar-refractivity contribution is -0.137. The third kappa shape index (κ3) is 3.85. The molecule has 130 valence electrons. The number of rotatable bonds is 5. The number of amides is 3. The van der Waals surface area contributed by atoms with Crippen molar-refractivity contribution in [3.8, 4) is 0 Å². The van der Waals surface area contributed by atoms with Gasteiger partial charge < -0.3 is 15.1 Å². The number of nitrogens with one attached hydrogen (secondary N) is 2. The molecule has 0 unspecified atom stereocenters. The maximum atomic E-state index is 12.5. The first kappa shape index (κ1) is 16.7. The molecule has 0 bridgehead atoms. The highest BCUT2D eigenvalue weighted by Gasteiger charge is 2.37. The number of aromatic amines is 1. The summed E-state index contributed by atoms with van der Waals surface area (Å²) in [7, 11) is 1.57. The predicted molar refractivity (Wildman–Crippen MR) is 91.8 cm³/mol. The normalized spacial score (nSPS) is 16.8. The lowest BCUT2D eigenvalue weighted by atomic mass is 10.1. The molecule has 1 aliphatic heterocycles. The van der Waals surface area contributed by atoms with Gasteiger partial charge in [-0.25, -0.2) is 0 Å². The summed E-state index contributed by atoms with van der Waals surface area (Å²) >= 11 is 0. The Morgan fingerprint density at radius 1 is 1.36 bits per heavy atom. The van der Waals surface area contributed by atoms with Gasteiger partial charge in [-0.2, -0.15) is 5.10 Å². The average Bonchev–Trinajstić information content (AvgIpc) is 3.24. The van der Waals surface area contributed by atoms with Gasteiger partial charge in [0.05, 0.1) is 24.3 Å². The largest absolute Gasteiger partial charge is 0.336 e. The van der Waals surface area contributed by atoms with Crippen LogP contribution >= 0.6 is 0 Å². The fraction of sp³-hybridized carbons (Fsp3) is 0.294. The van der Waals surface area contributed by atoms with Crippen LogP contribution in [0.2, 0.25) is 0 Å². The number of hydrogen-bond donors (Lipinski definition) is 2. The summed E-state index contributed by atoms with van der Waals surface area (Å²) in [5, 5.41) is 9.21. The Morgan fingerprint density at radius 2 is 2.12 bits per heavy atom. The van der Waals surface area contributed by atoms with Crippen LogP contribution < -0.4 is 10.2 Å². The number of aromatic nitrogens is 2. The smallest absolute Gasteiger partial charge is 0.243 e. The van der Waals surface area contributed by atoms with Gasteiger partial charge in [-0.3, -0.25) is 19.5 Å². The van der Waals surface area contributed by atoms with Gasteiger partial charge in [0, 0.05) is 31.9 Å². The number of likely N-dealkylation sites (N-methyl/N-ethyl adjacent to an activating group) is 1. The molecule has 8 heteroatoms. The summed E-state index contributed by atoms with van der Waals surface area (Å²) in [5.74, 6) is -1.08. The van der Waals surface area contributed by atoms with Crippen molar-refractivity contribution in [3.63, 3.8) is 0 Å². The van der Waals surface area contributed by atoms with E-state index in [9.17, 15) is 14.4 Å². The standard InChI is InChI=1S/C17H19N5O3/c1-21(11-15(23)20-13-5-3-2-4-6-13)17(25)12-7-16(24)22(10-12)14-8-18-19-9-14/h2-6,8-9,12H,7,10-11H2,1H3,(H,18,19)(H,20,23)/t12-/m1/s1. The molecule has 25 heavy (non-hydrogen) atoms. The number of anilines is 2. The van der Waals surface area contributed by atoms with E-state index in [2.05, 4.69) is 15.5 Å². The van der Waals surface area contributed by atoms with Crippen molar-refractivity contribution in [2.24, 2.45) is 5.92 Å². The van der Waals surface area contributed by atoms with E-state index in [1.54, 1.807) is 31.6 Å². The first-order chi connectivity index (χ1) is 12.0. The minimum atomic E-state index is -0.461. The molecular weight excluding hydrogens is 322 g/mol. The van der Waals surface area contributed by atoms with E-state index in [0.717, 1.165) is 0 Å². The van der Waals surface area contributed by atoms with Crippen molar-refractivity contribution >= 4 is 29.1 Å². The van der Waals surface area contributed by atoms with Crippen molar-refractivity contribution < 1.29 is 14.4 Å². The molecule has 1 aliphatic rings. The lowest BCUT2D eigenvalue weighted by Crippen LogP contribution is -2.39. The lowest BCUT2D eigenvalue weighted by Gasteiger charge is -2.20. The second kappa shape index (κ2) is 7.16. The highest BCUT2D eigenvalue weighted by atomic mass is 16.2. The molecule has 3 amide bonds. The van der Waals surface area contributed by atoms with E-state index in [1.165, 1.54) is 9.80 Å². The van der Waals surface area contributed by atoms with E-state index >= 15 is 0 Å². The van der Waals surface area contributed by atoms with Crippen LogP contribution in [0.25, 0.3) is 0 Å². The molecule has 8 nitrogen and oxygen atoms in total. The number of carbonyl (C=O) groups excluding carboxylic acids is 3. The van der Waals surface area contributed by atoms with E-state index in [4.69, 9.17) is 0 Å². The number of para-hydroxylation sites is 1. The molecule has 0 spiro atoms. The van der Waals surface area contributed by atoms with Gasteiger partial charge in [0.2, 0.25) is 17.7 Å². The minimum Gasteiger partial charge on any atom is -0.336 e. The topological polar surface area (TPSA) is 98.4 Å². The minimum absolute atomic E-state index is 0.0653. The Bertz CT molecular complexity index is 760. The monoisotopic (exact) mass is 341 g/mol. The van der Waals surface area contributed by atoms with Crippen LogP contribution in [0.1, 0.15) is 6.42 Å². The number of hydrogen-bond acceptors (Lipinski definition) is 4. The molecule has 0 radical (unpaired) electrons. The molecular formula is C17H19N5O3. The highest BCUT2D eigenvalue weighted by molar-refractivity contribution is 6.01. The van der Waals surface area contributed by atoms with Crippen LogP contribution in [0.4, 0.5) is 11.4 Å². The molecule has 1 fully saturated rings. The van der Waals surface area contributed by atoms with Gasteiger partial charge in [-0.15, -0.1) is 0 Å². The van der Waals surface area contributed by atoms with Crippen molar-refractivity contribution in [1.82, 2.24) is 15.1 Å². The summed E-state index contributed by atoms with van der Waals surface area (Å²) in [6, 6.07) is 9.04. The summed E-state index contributed by atoms with van der Waals surface area (Å²) in [6.45, 7) is 0.228. The van der Waals surface area contributed by atoms with E-state index in [0.29, 0.717) is 17.9 Å². The molecule has 2 aromatic rings. The summed E-state index contributed by atoms with van der Waals surface area (Å²) in [6.07, 6.45) is 3.29. The van der Waals surface area contributed by atoms with Crippen molar-refractivity contribution in [2.75, 3.05) is 30.4 Å². The van der Waals surface area contributed by atoms with E-state index < -0.39 is 5.92 Å². The maximum Gasteiger partial charge on any atom is 0.243 e. The average molecular weight is 341 g/mol. The first-order valence-corrected chi connectivity index (χ1v) is 7.93. The Hall–Kier alpha value is -3.16. The number of carbonyl (C=O) groups is 3. The van der Waals surface area contributed by atoms with Crippen LogP contribution in [-0.2, 0) is 14.4 Å². The fourth-order valence-corrected chi connectivity index (χ4v) is 2.84. The molecule has 1 aromatic heterocycles. The van der Waals surface area contributed by atoms with Crippen LogP contribution in [0, 0.1) is 5.92 Å². The molecule has 1 atom stereocenters. The Labute approximate surface area is 144 Å². The summed E-state index contributed by atoms with van der Waals surface area (Å²) in [5.41, 5.74) is 1.32. The third-order valence-corrected chi connectivity index (χ3v) is 4.08. The van der Waals surface area contributed by atoms with Gasteiger partial charge in [-0.05, 0) is 12.1 Å². The van der Waals surface area contributed by atoms with E-state index in [1.807, 2.05) is 18.2 Å². The quantitative estimate of drug-likeness (QED) is 0.843. The zero-order valence-electron chi connectivity index (χ0n) is 13.8. The van der Waals surface area contributed by atoms with Gasteiger partial charge in [-0.1, -0.05) is 18.2 Å². The molecule has 2 heterocycles. The van der Waals surface area contributed by atoms with Gasteiger partial charge in [0.25, 0.3) is 0 Å². The molecule has 0 aliphatic carbocycles. The van der Waals surface area contributed by atoms with Gasteiger partial charge >= 0.3 is 0 Å². The van der Waals surface area contributed by atoms with Crippen LogP contribution in [-0.4, -0.2) is 53.0 Å². The Kier molecular flexibility index (Phi) is 4.78. The molecule has 1 saturated heterocycles. The zero-order chi connectivity index (χ0) is 17.8. The van der Waals surface area contributed by atoms with Crippen LogP contribution in [0.15, 0.2) is 42.7 Å². The fourth-order valence-electron chi connectivity index (χ4n) is 2.84. The third-order valence-electron chi connectivity index (χ3n) is 4.08. The molecule has 1 aromatic carbocycles. The van der Waals surface area contributed by atoms with Crippen LogP contribution in [0.5, 0.6) is 0 Å². The van der Waals surface area contributed by atoms with Crippen molar-refractivity contribution in [2.45, 2.75) is 6.42 Å². The highest BCUT2D eigenvalue weighted by Crippen LogP contribution is 2.25. The maximum absolute atomic E-state index is 12.5.